The third-order valence-electron chi connectivity index (χ3n) is 2.84. The van der Waals surface area contributed by atoms with E-state index in [-0.39, 0.29) is 5.28 Å². The summed E-state index contributed by atoms with van der Waals surface area (Å²) in [6, 6.07) is 6.15. The number of halogens is 1. The highest BCUT2D eigenvalue weighted by atomic mass is 35.5. The third kappa shape index (κ3) is 2.07. The van der Waals surface area contributed by atoms with Crippen LogP contribution in [0.2, 0.25) is 5.28 Å². The predicted molar refractivity (Wildman–Crippen MR) is 72.8 cm³/mol. The van der Waals surface area contributed by atoms with Gasteiger partial charge in [0.05, 0.1) is 6.54 Å². The van der Waals surface area contributed by atoms with Crippen LogP contribution in [0.3, 0.4) is 0 Å². The summed E-state index contributed by atoms with van der Waals surface area (Å²) in [5.74, 6) is 0.727. The normalized spacial score (nSPS) is 12.6. The Labute approximate surface area is 110 Å². The summed E-state index contributed by atoms with van der Waals surface area (Å²) in [4.78, 5) is 12.3. The van der Waals surface area contributed by atoms with Gasteiger partial charge in [-0.25, -0.2) is 9.97 Å². The Balaban J connectivity index is 1.92. The molecule has 1 aromatic heterocycles. The number of hydrogen-bond donors (Lipinski definition) is 1. The molecule has 18 heavy (non-hydrogen) atoms. The molecular weight excluding hydrogens is 248 g/mol. The zero-order chi connectivity index (χ0) is 12.5. The molecule has 1 N–H and O–H groups in total. The zero-order valence-corrected chi connectivity index (χ0v) is 10.6. The molecule has 0 fully saturated rings. The Kier molecular flexibility index (Phi) is 2.72. The molecule has 5 heteroatoms. The predicted octanol–water partition coefficient (Wildman–Crippen LogP) is 3.11. The SMILES string of the molecule is Cc1cnc(Cl)nc1Nc1ccc2c(c1)C=NC2. The molecule has 0 amide bonds. The summed E-state index contributed by atoms with van der Waals surface area (Å²) < 4.78 is 0. The second-order valence-electron chi connectivity index (χ2n) is 4.18. The number of rotatable bonds is 2. The van der Waals surface area contributed by atoms with Gasteiger partial charge < -0.3 is 5.32 Å². The maximum absolute atomic E-state index is 5.79. The molecule has 90 valence electrons. The minimum atomic E-state index is 0.242. The molecule has 4 nitrogen and oxygen atoms in total. The van der Waals surface area contributed by atoms with Crippen LogP contribution in [0.15, 0.2) is 29.4 Å². The summed E-state index contributed by atoms with van der Waals surface area (Å²) >= 11 is 5.79. The molecule has 0 saturated carbocycles. The van der Waals surface area contributed by atoms with Gasteiger partial charge in [-0.2, -0.15) is 0 Å². The van der Waals surface area contributed by atoms with Crippen molar-refractivity contribution in [1.29, 1.82) is 0 Å². The number of nitrogens with zero attached hydrogens (tertiary/aromatic N) is 3. The summed E-state index contributed by atoms with van der Waals surface area (Å²) in [6.07, 6.45) is 3.59. The standard InChI is InChI=1S/C13H11ClN4/c1-8-5-16-13(14)18-12(8)17-11-3-2-9-6-15-7-10(9)4-11/h2-5,7H,6H2,1H3,(H,16,17,18). The van der Waals surface area contributed by atoms with Crippen LogP contribution in [0.25, 0.3) is 0 Å². The summed E-state index contributed by atoms with van der Waals surface area (Å²) in [5, 5.41) is 3.49. The van der Waals surface area contributed by atoms with E-state index in [1.54, 1.807) is 6.20 Å². The maximum atomic E-state index is 5.79. The number of nitrogens with one attached hydrogen (secondary N) is 1. The fourth-order valence-electron chi connectivity index (χ4n) is 1.86. The van der Waals surface area contributed by atoms with Crippen molar-refractivity contribution in [3.05, 3.63) is 46.4 Å². The van der Waals surface area contributed by atoms with Gasteiger partial charge in [-0.1, -0.05) is 6.07 Å². The number of benzene rings is 1. The van der Waals surface area contributed by atoms with Crippen LogP contribution in [0.5, 0.6) is 0 Å². The van der Waals surface area contributed by atoms with E-state index in [2.05, 4.69) is 32.4 Å². The summed E-state index contributed by atoms with van der Waals surface area (Å²) in [5.41, 5.74) is 4.32. The van der Waals surface area contributed by atoms with Gasteiger partial charge in [-0.05, 0) is 41.8 Å². The monoisotopic (exact) mass is 258 g/mol. The van der Waals surface area contributed by atoms with Gasteiger partial charge in [0.25, 0.3) is 0 Å². The molecule has 0 radical (unpaired) electrons. The molecule has 0 unspecified atom stereocenters. The van der Waals surface area contributed by atoms with Crippen LogP contribution in [-0.2, 0) is 6.54 Å². The number of aromatic nitrogens is 2. The molecule has 2 heterocycles. The van der Waals surface area contributed by atoms with Crippen LogP contribution in [0.1, 0.15) is 16.7 Å². The molecule has 1 aliphatic heterocycles. The molecule has 3 rings (SSSR count). The second-order valence-corrected chi connectivity index (χ2v) is 4.52. The van der Waals surface area contributed by atoms with E-state index in [1.165, 1.54) is 5.56 Å². The van der Waals surface area contributed by atoms with E-state index in [9.17, 15) is 0 Å². The molecule has 1 aromatic carbocycles. The number of anilines is 2. The Morgan fingerprint density at radius 3 is 3.11 bits per heavy atom. The lowest BCUT2D eigenvalue weighted by molar-refractivity contribution is 1.11. The van der Waals surface area contributed by atoms with Crippen molar-refractivity contribution in [2.45, 2.75) is 13.5 Å². The molecule has 0 atom stereocenters. The lowest BCUT2D eigenvalue weighted by Crippen LogP contribution is -1.99. The van der Waals surface area contributed by atoms with Crippen molar-refractivity contribution >= 4 is 29.3 Å². The van der Waals surface area contributed by atoms with Crippen molar-refractivity contribution < 1.29 is 0 Å². The van der Waals surface area contributed by atoms with Crippen LogP contribution in [0.4, 0.5) is 11.5 Å². The highest BCUT2D eigenvalue weighted by Gasteiger charge is 2.08. The van der Waals surface area contributed by atoms with Gasteiger partial charge in [-0.3, -0.25) is 4.99 Å². The van der Waals surface area contributed by atoms with Crippen molar-refractivity contribution in [1.82, 2.24) is 9.97 Å². The first kappa shape index (κ1) is 11.2. The van der Waals surface area contributed by atoms with Gasteiger partial charge in [0.1, 0.15) is 5.82 Å². The van der Waals surface area contributed by atoms with E-state index >= 15 is 0 Å². The number of fused-ring (bicyclic) bond motifs is 1. The molecule has 0 aliphatic carbocycles. The molecule has 2 aromatic rings. The van der Waals surface area contributed by atoms with E-state index in [0.29, 0.717) is 0 Å². The number of hydrogen-bond acceptors (Lipinski definition) is 4. The van der Waals surface area contributed by atoms with Crippen molar-refractivity contribution in [2.75, 3.05) is 5.32 Å². The van der Waals surface area contributed by atoms with Crippen molar-refractivity contribution in [2.24, 2.45) is 4.99 Å². The topological polar surface area (TPSA) is 50.2 Å². The van der Waals surface area contributed by atoms with Gasteiger partial charge >= 0.3 is 0 Å². The maximum Gasteiger partial charge on any atom is 0.224 e. The molecule has 0 spiro atoms. The Morgan fingerprint density at radius 2 is 2.22 bits per heavy atom. The van der Waals surface area contributed by atoms with E-state index < -0.39 is 0 Å². The molecular formula is C13H11ClN4. The lowest BCUT2D eigenvalue weighted by atomic mass is 10.1. The third-order valence-corrected chi connectivity index (χ3v) is 3.03. The summed E-state index contributed by atoms with van der Waals surface area (Å²) in [7, 11) is 0. The minimum Gasteiger partial charge on any atom is -0.340 e. The lowest BCUT2D eigenvalue weighted by Gasteiger charge is -2.09. The van der Waals surface area contributed by atoms with Crippen molar-refractivity contribution in [3.63, 3.8) is 0 Å². The first-order chi connectivity index (χ1) is 8.72. The van der Waals surface area contributed by atoms with E-state index in [1.807, 2.05) is 19.2 Å². The fourth-order valence-corrected chi connectivity index (χ4v) is 2.00. The van der Waals surface area contributed by atoms with Crippen LogP contribution < -0.4 is 5.32 Å². The Morgan fingerprint density at radius 1 is 1.33 bits per heavy atom. The van der Waals surface area contributed by atoms with Gasteiger partial charge in [0, 0.05) is 23.7 Å². The van der Waals surface area contributed by atoms with Crippen LogP contribution in [-0.4, -0.2) is 16.2 Å². The van der Waals surface area contributed by atoms with E-state index in [0.717, 1.165) is 29.2 Å². The fraction of sp³-hybridized carbons (Fsp3) is 0.154. The average Bonchev–Trinajstić information content (AvgIpc) is 2.81. The minimum absolute atomic E-state index is 0.242. The number of aryl methyl sites for hydroxylation is 1. The smallest absolute Gasteiger partial charge is 0.224 e. The highest BCUT2D eigenvalue weighted by Crippen LogP contribution is 2.23. The van der Waals surface area contributed by atoms with Gasteiger partial charge in [0.15, 0.2) is 0 Å². The van der Waals surface area contributed by atoms with E-state index in [4.69, 9.17) is 11.6 Å². The van der Waals surface area contributed by atoms with Crippen LogP contribution in [0, 0.1) is 6.92 Å². The quantitative estimate of drug-likeness (QED) is 0.842. The second kappa shape index (κ2) is 4.38. The zero-order valence-electron chi connectivity index (χ0n) is 9.81. The average molecular weight is 259 g/mol. The first-order valence-corrected chi connectivity index (χ1v) is 5.99. The van der Waals surface area contributed by atoms with Gasteiger partial charge in [-0.15, -0.1) is 0 Å². The van der Waals surface area contributed by atoms with Gasteiger partial charge in [0.2, 0.25) is 5.28 Å². The Hall–Kier alpha value is -1.94. The molecule has 0 bridgehead atoms. The highest BCUT2D eigenvalue weighted by molar-refractivity contribution is 6.28. The molecule has 0 saturated heterocycles. The van der Waals surface area contributed by atoms with Crippen LogP contribution >= 0.6 is 11.6 Å². The van der Waals surface area contributed by atoms with Crippen molar-refractivity contribution in [3.8, 4) is 0 Å². The molecule has 1 aliphatic rings. The first-order valence-electron chi connectivity index (χ1n) is 5.61. The Bertz CT molecular complexity index is 637. The summed E-state index contributed by atoms with van der Waals surface area (Å²) in [6.45, 7) is 2.71. The number of aliphatic imine (C=N–C) groups is 1. The largest absolute Gasteiger partial charge is 0.340 e.